The molecule has 0 saturated carbocycles. The zero-order valence-electron chi connectivity index (χ0n) is 19.6. The van der Waals surface area contributed by atoms with Crippen LogP contribution in [0.25, 0.3) is 0 Å². The lowest BCUT2D eigenvalue weighted by Gasteiger charge is -2.31. The maximum atomic E-state index is 13.2. The van der Waals surface area contributed by atoms with E-state index in [1.807, 2.05) is 42.5 Å². The van der Waals surface area contributed by atoms with Gasteiger partial charge in [0.05, 0.1) is 12.7 Å². The predicted octanol–water partition coefficient (Wildman–Crippen LogP) is 6.02. The molecule has 0 heterocycles. The Morgan fingerprint density at radius 3 is 1.83 bits per heavy atom. The van der Waals surface area contributed by atoms with E-state index in [4.69, 9.17) is 9.47 Å². The average Bonchev–Trinajstić information content (AvgIpc) is 2.65. The fraction of sp³-hybridized carbons (Fsp3) is 0.500. The molecule has 2 atom stereocenters. The van der Waals surface area contributed by atoms with Gasteiger partial charge in [0, 0.05) is 7.11 Å². The van der Waals surface area contributed by atoms with Crippen molar-refractivity contribution in [1.82, 2.24) is 0 Å². The summed E-state index contributed by atoms with van der Waals surface area (Å²) in [5.41, 5.74) is 2.71. The van der Waals surface area contributed by atoms with Crippen molar-refractivity contribution in [3.63, 3.8) is 0 Å². The Kier molecular flexibility index (Phi) is 7.36. The molecule has 4 nitrogen and oxygen atoms in total. The molecular formula is C26H36O4. The minimum Gasteiger partial charge on any atom is -0.507 e. The summed E-state index contributed by atoms with van der Waals surface area (Å²) in [4.78, 5) is 13.2. The van der Waals surface area contributed by atoms with E-state index < -0.39 is 12.0 Å². The van der Waals surface area contributed by atoms with Crippen LogP contribution < -0.4 is 0 Å². The molecule has 0 amide bonds. The second-order valence-corrected chi connectivity index (χ2v) is 9.76. The van der Waals surface area contributed by atoms with Gasteiger partial charge in [-0.25, -0.2) is 0 Å². The SMILES string of the molecule is CCOC(=O)[C@H](c1cc(C(C)(C)C)c(O)c(C(C)(C)C)c1)[C@H](OC)c1ccccc1. The van der Waals surface area contributed by atoms with Gasteiger partial charge >= 0.3 is 5.97 Å². The highest BCUT2D eigenvalue weighted by Gasteiger charge is 2.36. The lowest BCUT2D eigenvalue weighted by molar-refractivity contribution is -0.148. The molecule has 0 unspecified atom stereocenters. The first-order chi connectivity index (χ1) is 13.9. The van der Waals surface area contributed by atoms with Crippen LogP contribution in [0.15, 0.2) is 42.5 Å². The molecular weight excluding hydrogens is 376 g/mol. The second kappa shape index (κ2) is 9.22. The summed E-state index contributed by atoms with van der Waals surface area (Å²) >= 11 is 0. The molecule has 0 radical (unpaired) electrons. The molecule has 2 rings (SSSR count). The molecule has 30 heavy (non-hydrogen) atoms. The van der Waals surface area contributed by atoms with Crippen molar-refractivity contribution >= 4 is 5.97 Å². The van der Waals surface area contributed by atoms with E-state index in [-0.39, 0.29) is 29.2 Å². The number of hydrogen-bond acceptors (Lipinski definition) is 4. The highest BCUT2D eigenvalue weighted by Crippen LogP contribution is 2.44. The number of carbonyl (C=O) groups is 1. The van der Waals surface area contributed by atoms with E-state index in [1.54, 1.807) is 14.0 Å². The molecule has 0 fully saturated rings. The Balaban J connectivity index is 2.79. The summed E-state index contributed by atoms with van der Waals surface area (Å²) in [5.74, 6) is -0.700. The van der Waals surface area contributed by atoms with Crippen molar-refractivity contribution in [2.45, 2.75) is 71.3 Å². The normalized spacial score (nSPS) is 14.3. The zero-order valence-corrected chi connectivity index (χ0v) is 19.6. The van der Waals surface area contributed by atoms with Crippen molar-refractivity contribution < 1.29 is 19.4 Å². The number of phenolic OH excluding ortho intramolecular Hbond substituents is 1. The summed E-state index contributed by atoms with van der Waals surface area (Å²) in [6, 6.07) is 13.6. The molecule has 1 N–H and O–H groups in total. The van der Waals surface area contributed by atoms with Crippen LogP contribution in [0.5, 0.6) is 5.75 Å². The van der Waals surface area contributed by atoms with E-state index in [0.29, 0.717) is 0 Å². The standard InChI is InChI=1S/C26H36O4/c1-9-30-24(28)21(23(29-8)17-13-11-10-12-14-17)18-15-19(25(2,3)4)22(27)20(16-18)26(5,6)7/h10-16,21,23,27H,9H2,1-8H3/t21-,23-/m1/s1. The van der Waals surface area contributed by atoms with Crippen LogP contribution in [-0.2, 0) is 25.1 Å². The molecule has 0 saturated heterocycles. The smallest absolute Gasteiger partial charge is 0.316 e. The van der Waals surface area contributed by atoms with Crippen LogP contribution in [-0.4, -0.2) is 24.8 Å². The number of hydrogen-bond donors (Lipinski definition) is 1. The minimum atomic E-state index is -0.653. The number of rotatable bonds is 6. The van der Waals surface area contributed by atoms with Crippen LogP contribution in [0, 0.1) is 0 Å². The Labute approximate surface area is 181 Å². The number of esters is 1. The first kappa shape index (κ1) is 23.9. The maximum absolute atomic E-state index is 13.2. The van der Waals surface area contributed by atoms with E-state index >= 15 is 0 Å². The Hall–Kier alpha value is -2.33. The van der Waals surface area contributed by atoms with E-state index in [2.05, 4.69) is 41.5 Å². The third-order valence-corrected chi connectivity index (χ3v) is 5.33. The largest absolute Gasteiger partial charge is 0.507 e. The number of aromatic hydroxyl groups is 1. The van der Waals surface area contributed by atoms with Gasteiger partial charge in [0.2, 0.25) is 0 Å². The molecule has 0 aromatic heterocycles. The first-order valence-corrected chi connectivity index (χ1v) is 10.5. The fourth-order valence-corrected chi connectivity index (χ4v) is 3.75. The van der Waals surface area contributed by atoms with Gasteiger partial charge in [-0.05, 0) is 40.0 Å². The fourth-order valence-electron chi connectivity index (χ4n) is 3.75. The van der Waals surface area contributed by atoms with Gasteiger partial charge in [0.1, 0.15) is 11.7 Å². The van der Waals surface area contributed by atoms with Gasteiger partial charge in [-0.2, -0.15) is 0 Å². The lowest BCUT2D eigenvalue weighted by atomic mass is 9.76. The van der Waals surface area contributed by atoms with Gasteiger partial charge < -0.3 is 14.6 Å². The first-order valence-electron chi connectivity index (χ1n) is 10.5. The number of phenols is 1. The number of carbonyl (C=O) groups excluding carboxylic acids is 1. The molecule has 0 bridgehead atoms. The van der Waals surface area contributed by atoms with Gasteiger partial charge in [-0.3, -0.25) is 4.79 Å². The topological polar surface area (TPSA) is 55.8 Å². The third-order valence-electron chi connectivity index (χ3n) is 5.33. The van der Waals surface area contributed by atoms with Crippen LogP contribution >= 0.6 is 0 Å². The highest BCUT2D eigenvalue weighted by atomic mass is 16.5. The number of benzene rings is 2. The Morgan fingerprint density at radius 2 is 1.43 bits per heavy atom. The molecule has 164 valence electrons. The van der Waals surface area contributed by atoms with E-state index in [0.717, 1.165) is 22.3 Å². The summed E-state index contributed by atoms with van der Waals surface area (Å²) in [6.07, 6.45) is -0.504. The molecule has 2 aromatic rings. The van der Waals surface area contributed by atoms with Crippen LogP contribution in [0.3, 0.4) is 0 Å². The van der Waals surface area contributed by atoms with Crippen LogP contribution in [0.4, 0.5) is 0 Å². The van der Waals surface area contributed by atoms with Gasteiger partial charge in [-0.15, -0.1) is 0 Å². The van der Waals surface area contributed by atoms with Crippen molar-refractivity contribution in [3.8, 4) is 5.75 Å². The van der Waals surface area contributed by atoms with Crippen LogP contribution in [0.2, 0.25) is 0 Å². The molecule has 0 aliphatic heterocycles. The third kappa shape index (κ3) is 5.23. The summed E-state index contributed by atoms with van der Waals surface area (Å²) in [6.45, 7) is 14.4. The van der Waals surface area contributed by atoms with Gasteiger partial charge in [-0.1, -0.05) is 84.0 Å². The molecule has 4 heteroatoms. The van der Waals surface area contributed by atoms with E-state index in [1.165, 1.54) is 0 Å². The molecule has 2 aromatic carbocycles. The van der Waals surface area contributed by atoms with Crippen molar-refractivity contribution in [2.75, 3.05) is 13.7 Å². The molecule has 0 aliphatic carbocycles. The maximum Gasteiger partial charge on any atom is 0.316 e. The zero-order chi connectivity index (χ0) is 22.7. The Morgan fingerprint density at radius 1 is 0.933 bits per heavy atom. The van der Waals surface area contributed by atoms with E-state index in [9.17, 15) is 9.90 Å². The summed E-state index contributed by atoms with van der Waals surface area (Å²) in [7, 11) is 1.61. The molecule has 0 aliphatic rings. The molecule has 0 spiro atoms. The number of methoxy groups -OCH3 is 1. The van der Waals surface area contributed by atoms with Gasteiger partial charge in [0.25, 0.3) is 0 Å². The predicted molar refractivity (Wildman–Crippen MR) is 121 cm³/mol. The minimum absolute atomic E-state index is 0.287. The second-order valence-electron chi connectivity index (χ2n) is 9.76. The number of ether oxygens (including phenoxy) is 2. The quantitative estimate of drug-likeness (QED) is 0.589. The Bertz CT molecular complexity index is 822. The summed E-state index contributed by atoms with van der Waals surface area (Å²) < 4.78 is 11.3. The van der Waals surface area contributed by atoms with Crippen molar-refractivity contribution in [1.29, 1.82) is 0 Å². The average molecular weight is 413 g/mol. The monoisotopic (exact) mass is 412 g/mol. The summed E-state index contributed by atoms with van der Waals surface area (Å²) in [5, 5.41) is 11.1. The lowest BCUT2D eigenvalue weighted by Crippen LogP contribution is -2.26. The van der Waals surface area contributed by atoms with Crippen LogP contribution in [0.1, 0.15) is 82.7 Å². The highest BCUT2D eigenvalue weighted by molar-refractivity contribution is 5.80. The van der Waals surface area contributed by atoms with Crippen molar-refractivity contribution in [3.05, 3.63) is 64.7 Å². The van der Waals surface area contributed by atoms with Crippen molar-refractivity contribution in [2.24, 2.45) is 0 Å². The van der Waals surface area contributed by atoms with Gasteiger partial charge in [0.15, 0.2) is 0 Å².